The van der Waals surface area contributed by atoms with Crippen molar-refractivity contribution in [1.29, 1.82) is 0 Å². The minimum atomic E-state index is 0.525. The molecule has 2 unspecified atom stereocenters. The Morgan fingerprint density at radius 2 is 2.35 bits per heavy atom. The molecule has 1 aliphatic rings. The second kappa shape index (κ2) is 5.65. The molecule has 0 spiro atoms. The van der Waals surface area contributed by atoms with Crippen LogP contribution in [-0.2, 0) is 6.54 Å². The summed E-state index contributed by atoms with van der Waals surface area (Å²) < 4.78 is 2.18. The number of hydrogen-bond donors (Lipinski definition) is 1. The molecule has 0 amide bonds. The predicted molar refractivity (Wildman–Crippen MR) is 69.9 cm³/mol. The first kappa shape index (κ1) is 12.6. The summed E-state index contributed by atoms with van der Waals surface area (Å²) in [6.45, 7) is 5.51. The SMILES string of the molecule is CCCn1nccc1C1C(CNC)CCN1C. The molecule has 4 heteroatoms. The quantitative estimate of drug-likeness (QED) is 0.841. The van der Waals surface area contributed by atoms with E-state index < -0.39 is 0 Å². The van der Waals surface area contributed by atoms with Crippen molar-refractivity contribution in [3.8, 4) is 0 Å². The van der Waals surface area contributed by atoms with Gasteiger partial charge in [-0.2, -0.15) is 5.10 Å². The van der Waals surface area contributed by atoms with Crippen LogP contribution in [0.15, 0.2) is 12.3 Å². The van der Waals surface area contributed by atoms with Crippen LogP contribution in [0.3, 0.4) is 0 Å². The van der Waals surface area contributed by atoms with Crippen molar-refractivity contribution < 1.29 is 0 Å². The topological polar surface area (TPSA) is 33.1 Å². The molecule has 2 atom stereocenters. The number of aromatic nitrogens is 2. The van der Waals surface area contributed by atoms with Gasteiger partial charge in [0.2, 0.25) is 0 Å². The van der Waals surface area contributed by atoms with Gasteiger partial charge in [0.1, 0.15) is 0 Å². The maximum absolute atomic E-state index is 4.45. The molecule has 96 valence electrons. The van der Waals surface area contributed by atoms with E-state index in [9.17, 15) is 0 Å². The summed E-state index contributed by atoms with van der Waals surface area (Å²) in [4.78, 5) is 2.46. The highest BCUT2D eigenvalue weighted by Gasteiger charge is 2.34. The van der Waals surface area contributed by atoms with Gasteiger partial charge in [-0.1, -0.05) is 6.92 Å². The Hall–Kier alpha value is -0.870. The van der Waals surface area contributed by atoms with Crippen molar-refractivity contribution in [2.24, 2.45) is 5.92 Å². The molecule has 0 saturated carbocycles. The lowest BCUT2D eigenvalue weighted by Gasteiger charge is -2.25. The Morgan fingerprint density at radius 3 is 3.06 bits per heavy atom. The first-order valence-electron chi connectivity index (χ1n) is 6.64. The number of rotatable bonds is 5. The second-order valence-corrected chi connectivity index (χ2v) is 5.01. The third-order valence-corrected chi connectivity index (χ3v) is 3.73. The van der Waals surface area contributed by atoms with Gasteiger partial charge in [0, 0.05) is 12.7 Å². The zero-order valence-electron chi connectivity index (χ0n) is 11.2. The monoisotopic (exact) mass is 236 g/mol. The van der Waals surface area contributed by atoms with Gasteiger partial charge in [-0.15, -0.1) is 0 Å². The van der Waals surface area contributed by atoms with E-state index in [0.29, 0.717) is 12.0 Å². The summed E-state index contributed by atoms with van der Waals surface area (Å²) in [5.41, 5.74) is 1.38. The second-order valence-electron chi connectivity index (χ2n) is 5.01. The first-order valence-corrected chi connectivity index (χ1v) is 6.64. The van der Waals surface area contributed by atoms with Crippen LogP contribution >= 0.6 is 0 Å². The highest BCUT2D eigenvalue weighted by Crippen LogP contribution is 2.35. The molecule has 2 heterocycles. The van der Waals surface area contributed by atoms with E-state index >= 15 is 0 Å². The largest absolute Gasteiger partial charge is 0.319 e. The molecule has 0 radical (unpaired) electrons. The van der Waals surface area contributed by atoms with Gasteiger partial charge in [-0.25, -0.2) is 0 Å². The molecule has 1 N–H and O–H groups in total. The zero-order chi connectivity index (χ0) is 12.3. The molecular formula is C13H24N4. The molecule has 1 aromatic rings. The minimum absolute atomic E-state index is 0.525. The van der Waals surface area contributed by atoms with Crippen molar-refractivity contribution in [2.75, 3.05) is 27.2 Å². The van der Waals surface area contributed by atoms with E-state index in [0.717, 1.165) is 19.5 Å². The van der Waals surface area contributed by atoms with Gasteiger partial charge >= 0.3 is 0 Å². The van der Waals surface area contributed by atoms with E-state index in [-0.39, 0.29) is 0 Å². The normalized spacial score (nSPS) is 25.6. The third kappa shape index (κ3) is 2.53. The lowest BCUT2D eigenvalue weighted by atomic mass is 9.97. The summed E-state index contributed by atoms with van der Waals surface area (Å²) in [6.07, 6.45) is 4.36. The van der Waals surface area contributed by atoms with Crippen LogP contribution in [0.2, 0.25) is 0 Å². The fraction of sp³-hybridized carbons (Fsp3) is 0.769. The number of aryl methyl sites for hydroxylation is 1. The molecule has 2 rings (SSSR count). The summed E-state index contributed by atoms with van der Waals surface area (Å²) in [5, 5.41) is 7.77. The fourth-order valence-electron chi connectivity index (χ4n) is 2.96. The number of hydrogen-bond acceptors (Lipinski definition) is 3. The van der Waals surface area contributed by atoms with Crippen LogP contribution in [-0.4, -0.2) is 41.9 Å². The summed E-state index contributed by atoms with van der Waals surface area (Å²) in [6, 6.07) is 2.71. The average Bonchev–Trinajstić information content (AvgIpc) is 2.87. The summed E-state index contributed by atoms with van der Waals surface area (Å²) in [5.74, 6) is 0.706. The maximum Gasteiger partial charge on any atom is 0.0559 e. The van der Waals surface area contributed by atoms with Crippen molar-refractivity contribution in [3.63, 3.8) is 0 Å². The number of nitrogens with zero attached hydrogens (tertiary/aromatic N) is 3. The van der Waals surface area contributed by atoms with Crippen molar-refractivity contribution in [3.05, 3.63) is 18.0 Å². The predicted octanol–water partition coefficient (Wildman–Crippen LogP) is 1.51. The van der Waals surface area contributed by atoms with Crippen LogP contribution in [0.1, 0.15) is 31.5 Å². The van der Waals surface area contributed by atoms with Gasteiger partial charge in [-0.05, 0) is 52.0 Å². The van der Waals surface area contributed by atoms with E-state index in [1.165, 1.54) is 18.7 Å². The lowest BCUT2D eigenvalue weighted by molar-refractivity contribution is 0.258. The molecular weight excluding hydrogens is 212 g/mol. The maximum atomic E-state index is 4.45. The van der Waals surface area contributed by atoms with E-state index in [2.05, 4.69) is 40.0 Å². The van der Waals surface area contributed by atoms with Crippen LogP contribution in [0.4, 0.5) is 0 Å². The van der Waals surface area contributed by atoms with Gasteiger partial charge in [0.15, 0.2) is 0 Å². The van der Waals surface area contributed by atoms with Crippen LogP contribution in [0, 0.1) is 5.92 Å². The average molecular weight is 236 g/mol. The molecule has 1 aliphatic heterocycles. The van der Waals surface area contributed by atoms with Crippen LogP contribution < -0.4 is 5.32 Å². The molecule has 0 aromatic carbocycles. The zero-order valence-corrected chi connectivity index (χ0v) is 11.2. The Bertz CT molecular complexity index is 345. The lowest BCUT2D eigenvalue weighted by Crippen LogP contribution is -2.28. The van der Waals surface area contributed by atoms with Crippen LogP contribution in [0.5, 0.6) is 0 Å². The minimum Gasteiger partial charge on any atom is -0.319 e. The molecule has 1 fully saturated rings. The van der Waals surface area contributed by atoms with Crippen molar-refractivity contribution >= 4 is 0 Å². The van der Waals surface area contributed by atoms with Gasteiger partial charge in [0.25, 0.3) is 0 Å². The van der Waals surface area contributed by atoms with Crippen molar-refractivity contribution in [2.45, 2.75) is 32.4 Å². The molecule has 0 aliphatic carbocycles. The molecule has 4 nitrogen and oxygen atoms in total. The summed E-state index contributed by atoms with van der Waals surface area (Å²) >= 11 is 0. The van der Waals surface area contributed by atoms with Crippen molar-refractivity contribution in [1.82, 2.24) is 20.0 Å². The first-order chi connectivity index (χ1) is 8.27. The Morgan fingerprint density at radius 1 is 1.53 bits per heavy atom. The van der Waals surface area contributed by atoms with Gasteiger partial charge in [0.05, 0.1) is 11.7 Å². The van der Waals surface area contributed by atoms with Gasteiger partial charge in [-0.3, -0.25) is 9.58 Å². The Kier molecular flexibility index (Phi) is 4.18. The highest BCUT2D eigenvalue weighted by atomic mass is 15.3. The molecule has 1 aromatic heterocycles. The highest BCUT2D eigenvalue weighted by molar-refractivity contribution is 5.11. The molecule has 17 heavy (non-hydrogen) atoms. The summed E-state index contributed by atoms with van der Waals surface area (Å²) in [7, 11) is 4.27. The van der Waals surface area contributed by atoms with E-state index in [1.807, 2.05) is 13.2 Å². The standard InChI is InChI=1S/C13H24N4/c1-4-8-17-12(5-7-15-17)13-11(10-14-2)6-9-16(13)3/h5,7,11,13-14H,4,6,8-10H2,1-3H3. The molecule has 1 saturated heterocycles. The Labute approximate surface area is 104 Å². The van der Waals surface area contributed by atoms with E-state index in [4.69, 9.17) is 0 Å². The number of nitrogens with one attached hydrogen (secondary N) is 1. The van der Waals surface area contributed by atoms with E-state index in [1.54, 1.807) is 0 Å². The van der Waals surface area contributed by atoms with Crippen LogP contribution in [0.25, 0.3) is 0 Å². The smallest absolute Gasteiger partial charge is 0.0559 e. The fourth-order valence-corrected chi connectivity index (χ4v) is 2.96. The molecule has 0 bridgehead atoms. The van der Waals surface area contributed by atoms with Gasteiger partial charge < -0.3 is 5.32 Å². The number of likely N-dealkylation sites (tertiary alicyclic amines) is 1. The third-order valence-electron chi connectivity index (χ3n) is 3.73. The Balaban J connectivity index is 2.20.